The first-order valence-corrected chi connectivity index (χ1v) is 9.21. The fourth-order valence-corrected chi connectivity index (χ4v) is 4.42. The molecule has 1 aliphatic rings. The van der Waals surface area contributed by atoms with Gasteiger partial charge >= 0.3 is 0 Å². The minimum atomic E-state index is 0.249. The summed E-state index contributed by atoms with van der Waals surface area (Å²) in [5, 5.41) is 6.29. The summed E-state index contributed by atoms with van der Waals surface area (Å²) >= 11 is 3.46. The second-order valence-corrected chi connectivity index (χ2v) is 7.77. The molecule has 0 spiro atoms. The highest BCUT2D eigenvalue weighted by atomic mass is 32.1. The minimum absolute atomic E-state index is 0.249. The number of nitrogens with one attached hydrogen (secondary N) is 1. The molecule has 1 aliphatic carbocycles. The van der Waals surface area contributed by atoms with Crippen LogP contribution in [0.3, 0.4) is 0 Å². The number of hydrogen-bond donors (Lipinski definition) is 1. The zero-order valence-corrected chi connectivity index (χ0v) is 13.9. The van der Waals surface area contributed by atoms with Crippen molar-refractivity contribution in [3.8, 4) is 10.6 Å². The Labute approximate surface area is 133 Å². The molecule has 1 fully saturated rings. The van der Waals surface area contributed by atoms with Crippen LogP contribution in [-0.4, -0.2) is 17.4 Å². The van der Waals surface area contributed by atoms with E-state index < -0.39 is 0 Å². The van der Waals surface area contributed by atoms with E-state index in [-0.39, 0.29) is 11.8 Å². The molecule has 2 aromatic rings. The molecule has 3 rings (SSSR count). The minimum Gasteiger partial charge on any atom is -0.356 e. The second-order valence-electron chi connectivity index (χ2n) is 5.54. The van der Waals surface area contributed by atoms with Crippen LogP contribution in [-0.2, 0) is 11.2 Å². The number of amides is 1. The first kappa shape index (κ1) is 14.7. The summed E-state index contributed by atoms with van der Waals surface area (Å²) < 4.78 is 0. The lowest BCUT2D eigenvalue weighted by molar-refractivity contribution is -0.124. The SMILES string of the molecule is Cc1nc(-c2ccc(CCNC(=O)C3CCCC3)s2)cs1. The van der Waals surface area contributed by atoms with Gasteiger partial charge in [0.2, 0.25) is 5.91 Å². The van der Waals surface area contributed by atoms with Crippen molar-refractivity contribution in [2.24, 2.45) is 5.92 Å². The maximum Gasteiger partial charge on any atom is 0.223 e. The predicted molar refractivity (Wildman–Crippen MR) is 88.8 cm³/mol. The van der Waals surface area contributed by atoms with E-state index in [4.69, 9.17) is 0 Å². The molecule has 1 amide bonds. The van der Waals surface area contributed by atoms with Crippen molar-refractivity contribution in [1.29, 1.82) is 0 Å². The Morgan fingerprint density at radius 1 is 1.38 bits per heavy atom. The van der Waals surface area contributed by atoms with E-state index in [0.717, 1.165) is 36.5 Å². The molecule has 5 heteroatoms. The van der Waals surface area contributed by atoms with Crippen LogP contribution < -0.4 is 5.32 Å². The maximum absolute atomic E-state index is 11.9. The molecule has 0 saturated heterocycles. The lowest BCUT2D eigenvalue weighted by Crippen LogP contribution is -2.30. The van der Waals surface area contributed by atoms with Gasteiger partial charge in [-0.05, 0) is 38.3 Å². The van der Waals surface area contributed by atoms with E-state index in [2.05, 4.69) is 27.8 Å². The zero-order valence-electron chi connectivity index (χ0n) is 12.2. The third kappa shape index (κ3) is 3.71. The standard InChI is InChI=1S/C16H20N2OS2/c1-11-18-14(10-20-11)15-7-6-13(21-15)8-9-17-16(19)12-4-2-3-5-12/h6-7,10,12H,2-5,8-9H2,1H3,(H,17,19). The summed E-state index contributed by atoms with van der Waals surface area (Å²) in [6.07, 6.45) is 5.46. The molecule has 21 heavy (non-hydrogen) atoms. The number of nitrogens with zero attached hydrogens (tertiary/aromatic N) is 1. The molecule has 3 nitrogen and oxygen atoms in total. The number of rotatable bonds is 5. The van der Waals surface area contributed by atoms with Crippen LogP contribution in [0.5, 0.6) is 0 Å². The third-order valence-electron chi connectivity index (χ3n) is 3.93. The first-order chi connectivity index (χ1) is 10.2. The number of carbonyl (C=O) groups excluding carboxylic acids is 1. The fraction of sp³-hybridized carbons (Fsp3) is 0.500. The van der Waals surface area contributed by atoms with Gasteiger partial charge in [-0.25, -0.2) is 4.98 Å². The van der Waals surface area contributed by atoms with Crippen LogP contribution in [0, 0.1) is 12.8 Å². The van der Waals surface area contributed by atoms with Gasteiger partial charge in [-0.3, -0.25) is 4.79 Å². The number of thiophene rings is 1. The summed E-state index contributed by atoms with van der Waals surface area (Å²) in [7, 11) is 0. The van der Waals surface area contributed by atoms with Crippen molar-refractivity contribution in [2.45, 2.75) is 39.0 Å². The van der Waals surface area contributed by atoms with Crippen molar-refractivity contribution in [3.63, 3.8) is 0 Å². The molecule has 1 saturated carbocycles. The van der Waals surface area contributed by atoms with E-state index in [1.165, 1.54) is 22.6 Å². The lowest BCUT2D eigenvalue weighted by atomic mass is 10.1. The number of aryl methyl sites for hydroxylation is 1. The van der Waals surface area contributed by atoms with Crippen LogP contribution >= 0.6 is 22.7 Å². The number of aromatic nitrogens is 1. The van der Waals surface area contributed by atoms with Crippen molar-refractivity contribution >= 4 is 28.6 Å². The van der Waals surface area contributed by atoms with Crippen LogP contribution in [0.15, 0.2) is 17.5 Å². The van der Waals surface area contributed by atoms with E-state index in [1.54, 1.807) is 22.7 Å². The molecular formula is C16H20N2OS2. The molecule has 0 unspecified atom stereocenters. The van der Waals surface area contributed by atoms with E-state index in [0.29, 0.717) is 0 Å². The lowest BCUT2D eigenvalue weighted by Gasteiger charge is -2.09. The summed E-state index contributed by atoms with van der Waals surface area (Å²) in [6, 6.07) is 4.28. The molecule has 0 atom stereocenters. The molecule has 0 aliphatic heterocycles. The summed E-state index contributed by atoms with van der Waals surface area (Å²) in [5.41, 5.74) is 1.07. The molecule has 1 N–H and O–H groups in total. The maximum atomic E-state index is 11.9. The second kappa shape index (κ2) is 6.71. The average molecular weight is 320 g/mol. The number of hydrogen-bond acceptors (Lipinski definition) is 4. The highest BCUT2D eigenvalue weighted by Crippen LogP contribution is 2.29. The van der Waals surface area contributed by atoms with Crippen LogP contribution in [0.4, 0.5) is 0 Å². The Balaban J connectivity index is 1.49. The highest BCUT2D eigenvalue weighted by Gasteiger charge is 2.21. The zero-order chi connectivity index (χ0) is 14.7. The number of thiazole rings is 1. The summed E-state index contributed by atoms with van der Waals surface area (Å²) in [4.78, 5) is 19.0. The fourth-order valence-electron chi connectivity index (χ4n) is 2.77. The highest BCUT2D eigenvalue weighted by molar-refractivity contribution is 7.16. The van der Waals surface area contributed by atoms with E-state index >= 15 is 0 Å². The van der Waals surface area contributed by atoms with Gasteiger partial charge in [0, 0.05) is 22.7 Å². The van der Waals surface area contributed by atoms with Gasteiger partial charge in [-0.1, -0.05) is 12.8 Å². The van der Waals surface area contributed by atoms with Crippen molar-refractivity contribution in [3.05, 3.63) is 27.4 Å². The van der Waals surface area contributed by atoms with E-state index in [1.807, 2.05) is 6.92 Å². The van der Waals surface area contributed by atoms with Gasteiger partial charge in [0.05, 0.1) is 15.6 Å². The van der Waals surface area contributed by atoms with Gasteiger partial charge in [-0.2, -0.15) is 0 Å². The quantitative estimate of drug-likeness (QED) is 0.904. The average Bonchev–Trinajstić information content (AvgIpc) is 3.19. The van der Waals surface area contributed by atoms with Crippen LogP contribution in [0.1, 0.15) is 35.6 Å². The van der Waals surface area contributed by atoms with E-state index in [9.17, 15) is 4.79 Å². The number of carbonyl (C=O) groups is 1. The van der Waals surface area contributed by atoms with Crippen LogP contribution in [0.25, 0.3) is 10.6 Å². The Hall–Kier alpha value is -1.20. The first-order valence-electron chi connectivity index (χ1n) is 7.51. The Morgan fingerprint density at radius 2 is 2.19 bits per heavy atom. The van der Waals surface area contributed by atoms with Gasteiger partial charge in [0.1, 0.15) is 0 Å². The van der Waals surface area contributed by atoms with Gasteiger partial charge in [0.25, 0.3) is 0 Å². The molecule has 112 valence electrons. The van der Waals surface area contributed by atoms with Crippen molar-refractivity contribution in [1.82, 2.24) is 10.3 Å². The van der Waals surface area contributed by atoms with Gasteiger partial charge < -0.3 is 5.32 Å². The molecule has 0 bridgehead atoms. The molecular weight excluding hydrogens is 300 g/mol. The van der Waals surface area contributed by atoms with Gasteiger partial charge in [0.15, 0.2) is 0 Å². The van der Waals surface area contributed by atoms with Crippen molar-refractivity contribution in [2.75, 3.05) is 6.54 Å². The largest absolute Gasteiger partial charge is 0.356 e. The molecule has 0 radical (unpaired) electrons. The topological polar surface area (TPSA) is 42.0 Å². The van der Waals surface area contributed by atoms with Gasteiger partial charge in [-0.15, -0.1) is 22.7 Å². The van der Waals surface area contributed by atoms with Crippen LogP contribution in [0.2, 0.25) is 0 Å². The predicted octanol–water partition coefficient (Wildman–Crippen LogP) is 4.03. The summed E-state index contributed by atoms with van der Waals surface area (Å²) in [6.45, 7) is 2.77. The summed E-state index contributed by atoms with van der Waals surface area (Å²) in [5.74, 6) is 0.515. The molecule has 2 aromatic heterocycles. The Kier molecular flexibility index (Phi) is 4.70. The monoisotopic (exact) mass is 320 g/mol. The normalized spacial score (nSPS) is 15.5. The molecule has 0 aromatic carbocycles. The smallest absolute Gasteiger partial charge is 0.223 e. The third-order valence-corrected chi connectivity index (χ3v) is 5.87. The molecule has 2 heterocycles. The van der Waals surface area contributed by atoms with Crippen molar-refractivity contribution < 1.29 is 4.79 Å². The Bertz CT molecular complexity index is 611. The Morgan fingerprint density at radius 3 is 2.90 bits per heavy atom.